The summed E-state index contributed by atoms with van der Waals surface area (Å²) in [6.45, 7) is 5.64. The lowest BCUT2D eigenvalue weighted by Gasteiger charge is -2.30. The maximum atomic E-state index is 12.0. The minimum atomic E-state index is -0.107. The lowest BCUT2D eigenvalue weighted by atomic mass is 9.99. The number of amides is 1. The predicted octanol–water partition coefficient (Wildman–Crippen LogP) is 2.53. The molecular weight excluding hydrogens is 322 g/mol. The van der Waals surface area contributed by atoms with E-state index in [2.05, 4.69) is 39.5 Å². The van der Waals surface area contributed by atoms with Gasteiger partial charge in [-0.25, -0.2) is 0 Å². The van der Waals surface area contributed by atoms with Crippen molar-refractivity contribution in [3.05, 3.63) is 34.8 Å². The Morgan fingerprint density at radius 2 is 2.00 bits per heavy atom. The van der Waals surface area contributed by atoms with Gasteiger partial charge in [-0.15, -0.1) is 10.2 Å². The maximum Gasteiger partial charge on any atom is 0.231 e. The summed E-state index contributed by atoms with van der Waals surface area (Å²) < 4.78 is 0. The van der Waals surface area contributed by atoms with E-state index >= 15 is 0 Å². The van der Waals surface area contributed by atoms with Gasteiger partial charge >= 0.3 is 0 Å². The van der Waals surface area contributed by atoms with Crippen LogP contribution in [0.2, 0.25) is 0 Å². The molecule has 1 aliphatic rings. The first-order valence-corrected chi connectivity index (χ1v) is 9.09. The normalized spacial score (nSPS) is 16.2. The van der Waals surface area contributed by atoms with Crippen molar-refractivity contribution in [2.24, 2.45) is 5.92 Å². The minimum absolute atomic E-state index is 0.107. The van der Waals surface area contributed by atoms with E-state index in [9.17, 15) is 4.79 Å². The maximum absolute atomic E-state index is 12.0. The SMILES string of the molecule is CC1CCN(Cc2ccc(NC(=O)Cc3nnc(N)s3)cc2)CC1. The molecule has 3 rings (SSSR count). The van der Waals surface area contributed by atoms with E-state index in [1.54, 1.807) is 0 Å². The van der Waals surface area contributed by atoms with Crippen LogP contribution in [0.25, 0.3) is 0 Å². The molecule has 128 valence electrons. The standard InChI is InChI=1S/C17H23N5OS/c1-12-6-8-22(9-7-12)11-13-2-4-14(5-3-13)19-15(23)10-16-20-21-17(18)24-16/h2-5,12H,6-11H2,1H3,(H2,18,21)(H,19,23). The number of nitrogens with zero attached hydrogens (tertiary/aromatic N) is 3. The number of carbonyl (C=O) groups excluding carboxylic acids is 1. The fraction of sp³-hybridized carbons (Fsp3) is 0.471. The van der Waals surface area contributed by atoms with Gasteiger partial charge in [0, 0.05) is 12.2 Å². The van der Waals surface area contributed by atoms with Gasteiger partial charge < -0.3 is 11.1 Å². The van der Waals surface area contributed by atoms with Crippen LogP contribution in [0, 0.1) is 5.92 Å². The van der Waals surface area contributed by atoms with Gasteiger partial charge in [0.1, 0.15) is 5.01 Å². The van der Waals surface area contributed by atoms with Crippen LogP contribution in [0.5, 0.6) is 0 Å². The number of rotatable bonds is 5. The van der Waals surface area contributed by atoms with E-state index in [4.69, 9.17) is 5.73 Å². The van der Waals surface area contributed by atoms with Gasteiger partial charge in [-0.05, 0) is 49.5 Å². The molecule has 0 saturated carbocycles. The van der Waals surface area contributed by atoms with E-state index in [1.165, 1.54) is 42.8 Å². The zero-order valence-corrected chi connectivity index (χ0v) is 14.7. The molecule has 1 saturated heterocycles. The number of nitrogens with one attached hydrogen (secondary N) is 1. The second kappa shape index (κ2) is 7.72. The summed E-state index contributed by atoms with van der Waals surface area (Å²) in [5.74, 6) is 0.742. The summed E-state index contributed by atoms with van der Waals surface area (Å²) in [6, 6.07) is 8.07. The van der Waals surface area contributed by atoms with Gasteiger partial charge in [0.25, 0.3) is 0 Å². The van der Waals surface area contributed by atoms with Crippen LogP contribution < -0.4 is 11.1 Å². The lowest BCUT2D eigenvalue weighted by molar-refractivity contribution is -0.115. The largest absolute Gasteiger partial charge is 0.374 e. The van der Waals surface area contributed by atoms with Gasteiger partial charge in [0.2, 0.25) is 11.0 Å². The molecule has 6 nitrogen and oxygen atoms in total. The summed E-state index contributed by atoms with van der Waals surface area (Å²) in [6.07, 6.45) is 2.76. The Morgan fingerprint density at radius 3 is 2.62 bits per heavy atom. The number of carbonyl (C=O) groups is 1. The molecule has 1 amide bonds. The van der Waals surface area contributed by atoms with Crippen LogP contribution in [-0.2, 0) is 17.8 Å². The van der Waals surface area contributed by atoms with Crippen LogP contribution in [-0.4, -0.2) is 34.1 Å². The molecule has 0 spiro atoms. The average Bonchev–Trinajstić information content (AvgIpc) is 2.96. The van der Waals surface area contributed by atoms with Gasteiger partial charge in [0.15, 0.2) is 0 Å². The number of benzene rings is 1. The molecule has 7 heteroatoms. The summed E-state index contributed by atoms with van der Waals surface area (Å²) in [7, 11) is 0. The Balaban J connectivity index is 1.49. The quantitative estimate of drug-likeness (QED) is 0.870. The van der Waals surface area contributed by atoms with Crippen molar-refractivity contribution >= 4 is 28.1 Å². The van der Waals surface area contributed by atoms with Crippen molar-refractivity contribution in [1.29, 1.82) is 0 Å². The number of piperidine rings is 1. The van der Waals surface area contributed by atoms with Crippen molar-refractivity contribution in [2.45, 2.75) is 32.7 Å². The van der Waals surface area contributed by atoms with Crippen molar-refractivity contribution in [1.82, 2.24) is 15.1 Å². The molecule has 3 N–H and O–H groups in total. The average molecular weight is 345 g/mol. The molecule has 0 atom stereocenters. The third-order valence-corrected chi connectivity index (χ3v) is 5.07. The van der Waals surface area contributed by atoms with Gasteiger partial charge in [-0.2, -0.15) is 0 Å². The fourth-order valence-electron chi connectivity index (χ4n) is 2.85. The molecule has 0 unspecified atom stereocenters. The highest BCUT2D eigenvalue weighted by Gasteiger charge is 2.15. The number of hydrogen-bond acceptors (Lipinski definition) is 6. The van der Waals surface area contributed by atoms with E-state index in [0.717, 1.165) is 18.2 Å². The Hall–Kier alpha value is -1.99. The van der Waals surface area contributed by atoms with Crippen LogP contribution in [0.15, 0.2) is 24.3 Å². The molecule has 2 aromatic rings. The topological polar surface area (TPSA) is 84.1 Å². The monoisotopic (exact) mass is 345 g/mol. The molecule has 0 aliphatic carbocycles. The smallest absolute Gasteiger partial charge is 0.231 e. The molecule has 2 heterocycles. The van der Waals surface area contributed by atoms with E-state index in [0.29, 0.717) is 10.1 Å². The lowest BCUT2D eigenvalue weighted by Crippen LogP contribution is -2.32. The van der Waals surface area contributed by atoms with Crippen LogP contribution in [0.3, 0.4) is 0 Å². The number of anilines is 2. The predicted molar refractivity (Wildman–Crippen MR) is 96.8 cm³/mol. The second-order valence-corrected chi connectivity index (χ2v) is 7.51. The third-order valence-electron chi connectivity index (χ3n) is 4.31. The molecule has 0 bridgehead atoms. The molecular formula is C17H23N5OS. The van der Waals surface area contributed by atoms with Gasteiger partial charge in [-0.1, -0.05) is 30.4 Å². The Labute approximate surface area is 146 Å². The highest BCUT2D eigenvalue weighted by atomic mass is 32.1. The molecule has 1 fully saturated rings. The van der Waals surface area contributed by atoms with Crippen molar-refractivity contribution < 1.29 is 4.79 Å². The highest BCUT2D eigenvalue weighted by Crippen LogP contribution is 2.19. The number of hydrogen-bond donors (Lipinski definition) is 2. The summed E-state index contributed by atoms with van der Waals surface area (Å²) in [5.41, 5.74) is 7.59. The van der Waals surface area contributed by atoms with E-state index < -0.39 is 0 Å². The first-order valence-electron chi connectivity index (χ1n) is 8.27. The Bertz CT molecular complexity index is 677. The van der Waals surface area contributed by atoms with Crippen LogP contribution in [0.1, 0.15) is 30.3 Å². The Morgan fingerprint density at radius 1 is 1.29 bits per heavy atom. The number of nitrogens with two attached hydrogens (primary N) is 1. The molecule has 1 aliphatic heterocycles. The fourth-order valence-corrected chi connectivity index (χ4v) is 3.46. The van der Waals surface area contributed by atoms with Gasteiger partial charge in [0.05, 0.1) is 6.42 Å². The number of aromatic nitrogens is 2. The second-order valence-electron chi connectivity index (χ2n) is 6.41. The number of likely N-dealkylation sites (tertiary alicyclic amines) is 1. The first-order chi connectivity index (χ1) is 11.6. The van der Waals surface area contributed by atoms with E-state index in [-0.39, 0.29) is 12.3 Å². The van der Waals surface area contributed by atoms with Crippen molar-refractivity contribution in [2.75, 3.05) is 24.1 Å². The van der Waals surface area contributed by atoms with E-state index in [1.807, 2.05) is 12.1 Å². The highest BCUT2D eigenvalue weighted by molar-refractivity contribution is 7.15. The summed E-state index contributed by atoms with van der Waals surface area (Å²) >= 11 is 1.24. The summed E-state index contributed by atoms with van der Waals surface area (Å²) in [5, 5.41) is 11.5. The zero-order valence-electron chi connectivity index (χ0n) is 13.9. The minimum Gasteiger partial charge on any atom is -0.374 e. The van der Waals surface area contributed by atoms with Crippen LogP contribution >= 0.6 is 11.3 Å². The first kappa shape index (κ1) is 16.9. The molecule has 1 aromatic carbocycles. The zero-order chi connectivity index (χ0) is 16.9. The molecule has 0 radical (unpaired) electrons. The van der Waals surface area contributed by atoms with Gasteiger partial charge in [-0.3, -0.25) is 9.69 Å². The van der Waals surface area contributed by atoms with Crippen molar-refractivity contribution in [3.63, 3.8) is 0 Å². The van der Waals surface area contributed by atoms with Crippen molar-refractivity contribution in [3.8, 4) is 0 Å². The Kier molecular flexibility index (Phi) is 5.42. The van der Waals surface area contributed by atoms with Crippen LogP contribution in [0.4, 0.5) is 10.8 Å². The summed E-state index contributed by atoms with van der Waals surface area (Å²) in [4.78, 5) is 14.5. The third kappa shape index (κ3) is 4.75. The number of nitrogen functional groups attached to an aromatic ring is 1. The molecule has 24 heavy (non-hydrogen) atoms. The molecule has 1 aromatic heterocycles.